The van der Waals surface area contributed by atoms with Crippen molar-refractivity contribution in [2.24, 2.45) is 5.73 Å². The van der Waals surface area contributed by atoms with Gasteiger partial charge < -0.3 is 10.7 Å². The van der Waals surface area contributed by atoms with Gasteiger partial charge in [-0.2, -0.15) is 0 Å². The number of aromatic amines is 1. The number of primary amides is 1. The molecule has 6 heteroatoms. The quantitative estimate of drug-likeness (QED) is 0.771. The van der Waals surface area contributed by atoms with Crippen LogP contribution in [0.4, 0.5) is 0 Å². The van der Waals surface area contributed by atoms with Crippen LogP contribution in [0.25, 0.3) is 22.4 Å². The van der Waals surface area contributed by atoms with Gasteiger partial charge in [0.05, 0.1) is 5.39 Å². The zero-order valence-electron chi connectivity index (χ0n) is 12.3. The number of hydrogen-bond donors (Lipinski definition) is 2. The van der Waals surface area contributed by atoms with Crippen molar-refractivity contribution in [3.05, 3.63) is 52.4 Å². The molecule has 0 saturated heterocycles. The van der Waals surface area contributed by atoms with Crippen LogP contribution in [0.3, 0.4) is 0 Å². The third-order valence-corrected chi connectivity index (χ3v) is 3.66. The summed E-state index contributed by atoms with van der Waals surface area (Å²) in [5, 5.41) is 0.449. The molecule has 2 heterocycles. The number of H-pyrrole nitrogens is 1. The van der Waals surface area contributed by atoms with Gasteiger partial charge in [-0.1, -0.05) is 30.3 Å². The normalized spacial score (nSPS) is 12.5. The Kier molecular flexibility index (Phi) is 3.29. The van der Waals surface area contributed by atoms with E-state index in [4.69, 9.17) is 5.73 Å². The standard InChI is InChI=1S/C16H16N4O2/c1-9-8-12-14(18-9)19-15(11-6-4-3-5-7-11)20(16(12)22)10(2)13(17)21/h3-8,10,18H,1-2H3,(H2,17,21). The molecule has 3 aromatic rings. The SMILES string of the molecule is Cc1cc2c(=O)n(C(C)C(N)=O)c(-c3ccccc3)nc2[nH]1. The van der Waals surface area contributed by atoms with E-state index in [0.717, 1.165) is 11.3 Å². The molecular weight excluding hydrogens is 280 g/mol. The highest BCUT2D eigenvalue weighted by Gasteiger charge is 2.21. The first-order valence-corrected chi connectivity index (χ1v) is 6.95. The summed E-state index contributed by atoms with van der Waals surface area (Å²) in [5.41, 5.74) is 7.22. The van der Waals surface area contributed by atoms with Crippen molar-refractivity contribution in [2.75, 3.05) is 0 Å². The van der Waals surface area contributed by atoms with Gasteiger partial charge in [-0.05, 0) is 19.9 Å². The molecule has 0 radical (unpaired) electrons. The second kappa shape index (κ2) is 5.14. The number of hydrogen-bond acceptors (Lipinski definition) is 3. The Labute approximate surface area is 126 Å². The number of nitrogens with one attached hydrogen (secondary N) is 1. The van der Waals surface area contributed by atoms with Gasteiger partial charge in [-0.3, -0.25) is 14.2 Å². The topological polar surface area (TPSA) is 93.8 Å². The van der Waals surface area contributed by atoms with Crippen LogP contribution in [-0.4, -0.2) is 20.4 Å². The second-order valence-electron chi connectivity index (χ2n) is 5.27. The number of nitrogens with two attached hydrogens (primary N) is 1. The summed E-state index contributed by atoms with van der Waals surface area (Å²) in [5.74, 6) is -0.154. The summed E-state index contributed by atoms with van der Waals surface area (Å²) in [6, 6.07) is 10.2. The number of fused-ring (bicyclic) bond motifs is 1. The fraction of sp³-hybridized carbons (Fsp3) is 0.188. The van der Waals surface area contributed by atoms with Crippen LogP contribution in [0, 0.1) is 6.92 Å². The number of carbonyl (C=O) groups is 1. The Morgan fingerprint density at radius 3 is 2.64 bits per heavy atom. The lowest BCUT2D eigenvalue weighted by Gasteiger charge is -2.16. The molecule has 112 valence electrons. The molecule has 6 nitrogen and oxygen atoms in total. The van der Waals surface area contributed by atoms with E-state index in [1.807, 2.05) is 37.3 Å². The van der Waals surface area contributed by atoms with E-state index in [-0.39, 0.29) is 5.56 Å². The highest BCUT2D eigenvalue weighted by atomic mass is 16.2. The number of rotatable bonds is 3. The molecule has 0 aliphatic carbocycles. The monoisotopic (exact) mass is 296 g/mol. The number of amides is 1. The average molecular weight is 296 g/mol. The van der Waals surface area contributed by atoms with Gasteiger partial charge in [0.2, 0.25) is 5.91 Å². The van der Waals surface area contributed by atoms with Crippen LogP contribution in [0.1, 0.15) is 18.7 Å². The van der Waals surface area contributed by atoms with Gasteiger partial charge >= 0.3 is 0 Å². The predicted molar refractivity (Wildman–Crippen MR) is 84.4 cm³/mol. The lowest BCUT2D eigenvalue weighted by atomic mass is 10.2. The van der Waals surface area contributed by atoms with Crippen LogP contribution in [0.15, 0.2) is 41.2 Å². The first-order chi connectivity index (χ1) is 10.5. The molecule has 0 aliphatic heterocycles. The minimum absolute atomic E-state index is 0.278. The van der Waals surface area contributed by atoms with Crippen LogP contribution < -0.4 is 11.3 Å². The van der Waals surface area contributed by atoms with Crippen molar-refractivity contribution in [3.63, 3.8) is 0 Å². The van der Waals surface area contributed by atoms with E-state index in [1.165, 1.54) is 4.57 Å². The molecule has 3 rings (SSSR count). The van der Waals surface area contributed by atoms with Crippen LogP contribution in [-0.2, 0) is 4.79 Å². The maximum Gasteiger partial charge on any atom is 0.264 e. The molecule has 0 aliphatic rings. The van der Waals surface area contributed by atoms with Gasteiger partial charge in [0.1, 0.15) is 17.5 Å². The van der Waals surface area contributed by atoms with Crippen molar-refractivity contribution in [1.82, 2.24) is 14.5 Å². The lowest BCUT2D eigenvalue weighted by molar-refractivity contribution is -0.120. The maximum atomic E-state index is 12.8. The summed E-state index contributed by atoms with van der Waals surface area (Å²) >= 11 is 0. The van der Waals surface area contributed by atoms with Crippen molar-refractivity contribution >= 4 is 16.9 Å². The molecule has 2 aromatic heterocycles. The minimum Gasteiger partial charge on any atom is -0.368 e. The van der Waals surface area contributed by atoms with E-state index in [1.54, 1.807) is 13.0 Å². The second-order valence-corrected chi connectivity index (χ2v) is 5.27. The molecule has 0 saturated carbocycles. The molecule has 22 heavy (non-hydrogen) atoms. The van der Waals surface area contributed by atoms with Crippen LogP contribution >= 0.6 is 0 Å². The Hall–Kier alpha value is -2.89. The Morgan fingerprint density at radius 2 is 2.00 bits per heavy atom. The van der Waals surface area contributed by atoms with Crippen LogP contribution in [0.5, 0.6) is 0 Å². The van der Waals surface area contributed by atoms with Gasteiger partial charge in [0.15, 0.2) is 0 Å². The molecule has 0 bridgehead atoms. The fourth-order valence-corrected chi connectivity index (χ4v) is 2.49. The Bertz CT molecular complexity index is 909. The highest BCUT2D eigenvalue weighted by Crippen LogP contribution is 2.21. The van der Waals surface area contributed by atoms with E-state index >= 15 is 0 Å². The number of nitrogens with zero attached hydrogens (tertiary/aromatic N) is 2. The average Bonchev–Trinajstić information content (AvgIpc) is 2.88. The van der Waals surface area contributed by atoms with Crippen molar-refractivity contribution in [3.8, 4) is 11.4 Å². The van der Waals surface area contributed by atoms with Crippen molar-refractivity contribution in [1.29, 1.82) is 0 Å². The van der Waals surface area contributed by atoms with Crippen LogP contribution in [0.2, 0.25) is 0 Å². The summed E-state index contributed by atoms with van der Waals surface area (Å²) in [4.78, 5) is 32.0. The molecule has 1 aromatic carbocycles. The van der Waals surface area contributed by atoms with E-state index in [0.29, 0.717) is 16.9 Å². The molecule has 0 spiro atoms. The predicted octanol–water partition coefficient (Wildman–Crippen LogP) is 1.75. The number of carbonyl (C=O) groups excluding carboxylic acids is 1. The summed E-state index contributed by atoms with van der Waals surface area (Å²) in [6.45, 7) is 3.45. The molecule has 3 N–H and O–H groups in total. The number of aromatic nitrogens is 3. The molecule has 0 fully saturated rings. The highest BCUT2D eigenvalue weighted by molar-refractivity contribution is 5.82. The molecule has 1 amide bonds. The smallest absolute Gasteiger partial charge is 0.264 e. The van der Waals surface area contributed by atoms with Gasteiger partial charge in [-0.25, -0.2) is 4.98 Å². The Balaban J connectivity index is 2.40. The third kappa shape index (κ3) is 2.18. The van der Waals surface area contributed by atoms with E-state index < -0.39 is 11.9 Å². The van der Waals surface area contributed by atoms with Gasteiger partial charge in [0, 0.05) is 11.3 Å². The number of benzene rings is 1. The maximum absolute atomic E-state index is 12.8. The Morgan fingerprint density at radius 1 is 1.32 bits per heavy atom. The largest absolute Gasteiger partial charge is 0.368 e. The first-order valence-electron chi connectivity index (χ1n) is 6.95. The van der Waals surface area contributed by atoms with Crippen molar-refractivity contribution < 1.29 is 4.79 Å². The molecule has 1 atom stereocenters. The fourth-order valence-electron chi connectivity index (χ4n) is 2.49. The molecular formula is C16H16N4O2. The zero-order valence-corrected chi connectivity index (χ0v) is 12.3. The summed E-state index contributed by atoms with van der Waals surface area (Å²) in [7, 11) is 0. The van der Waals surface area contributed by atoms with E-state index in [2.05, 4.69) is 9.97 Å². The van der Waals surface area contributed by atoms with E-state index in [9.17, 15) is 9.59 Å². The van der Waals surface area contributed by atoms with Gasteiger partial charge in [-0.15, -0.1) is 0 Å². The summed E-state index contributed by atoms with van der Waals surface area (Å²) < 4.78 is 1.35. The lowest BCUT2D eigenvalue weighted by Crippen LogP contribution is -2.33. The minimum atomic E-state index is -0.783. The zero-order chi connectivity index (χ0) is 15.9. The van der Waals surface area contributed by atoms with Gasteiger partial charge in [0.25, 0.3) is 5.56 Å². The van der Waals surface area contributed by atoms with Crippen molar-refractivity contribution in [2.45, 2.75) is 19.9 Å². The first kappa shape index (κ1) is 14.1. The molecule has 1 unspecified atom stereocenters. The third-order valence-electron chi connectivity index (χ3n) is 3.66. The summed E-state index contributed by atoms with van der Waals surface area (Å²) in [6.07, 6.45) is 0. The number of aryl methyl sites for hydroxylation is 1.